The molecule has 2 rings (SSSR count). The van der Waals surface area contributed by atoms with E-state index in [9.17, 15) is 10.1 Å². The third-order valence-electron chi connectivity index (χ3n) is 2.01. The minimum atomic E-state index is -0.774. The summed E-state index contributed by atoms with van der Waals surface area (Å²) in [4.78, 5) is 23.4. The fourth-order valence-electron chi connectivity index (χ4n) is 1.32. The molecule has 0 amide bonds. The second-order valence-electron chi connectivity index (χ2n) is 3.19. The van der Waals surface area contributed by atoms with E-state index >= 15 is 0 Å². The van der Waals surface area contributed by atoms with Crippen LogP contribution in [0.4, 0.5) is 0 Å². The van der Waals surface area contributed by atoms with E-state index in [1.165, 1.54) is 0 Å². The summed E-state index contributed by atoms with van der Waals surface area (Å²) < 4.78 is 0. The highest BCUT2D eigenvalue weighted by Gasteiger charge is 2.18. The average molecular weight is 255 g/mol. The number of hydrazone groups is 1. The van der Waals surface area contributed by atoms with Gasteiger partial charge in [-0.2, -0.15) is 0 Å². The van der Waals surface area contributed by atoms with Crippen molar-refractivity contribution >= 4 is 23.8 Å². The number of rotatable bonds is 3. The SMILES string of the molecule is O=[N+]([O-])N=C1N=CCN1Cc1cnc(Cl)nc1. The zero-order valence-electron chi connectivity index (χ0n) is 8.52. The van der Waals surface area contributed by atoms with E-state index in [-0.39, 0.29) is 11.2 Å². The zero-order valence-corrected chi connectivity index (χ0v) is 9.28. The monoisotopic (exact) mass is 254 g/mol. The van der Waals surface area contributed by atoms with Gasteiger partial charge in [0.2, 0.25) is 5.28 Å². The maximum absolute atomic E-state index is 10.3. The Bertz CT molecular complexity index is 485. The molecule has 0 atom stereocenters. The quantitative estimate of drug-likeness (QED) is 0.446. The zero-order chi connectivity index (χ0) is 12.3. The van der Waals surface area contributed by atoms with Crippen molar-refractivity contribution in [3.8, 4) is 0 Å². The molecule has 88 valence electrons. The van der Waals surface area contributed by atoms with Gasteiger partial charge in [0.05, 0.1) is 6.54 Å². The van der Waals surface area contributed by atoms with Crippen LogP contribution in [0.2, 0.25) is 5.28 Å². The molecule has 0 N–H and O–H groups in total. The molecule has 0 saturated carbocycles. The van der Waals surface area contributed by atoms with Gasteiger partial charge in [-0.3, -0.25) is 0 Å². The van der Waals surface area contributed by atoms with E-state index in [1.54, 1.807) is 23.5 Å². The lowest BCUT2D eigenvalue weighted by Crippen LogP contribution is -2.26. The predicted molar refractivity (Wildman–Crippen MR) is 60.4 cm³/mol. The summed E-state index contributed by atoms with van der Waals surface area (Å²) in [5, 5.41) is 12.8. The Morgan fingerprint density at radius 1 is 1.53 bits per heavy atom. The average Bonchev–Trinajstić information content (AvgIpc) is 2.68. The first kappa shape index (κ1) is 11.4. The van der Waals surface area contributed by atoms with Crippen LogP contribution in [0.25, 0.3) is 0 Å². The molecule has 1 aliphatic heterocycles. The largest absolute Gasteiger partial charge is 0.326 e. The van der Waals surface area contributed by atoms with Crippen molar-refractivity contribution < 1.29 is 5.03 Å². The van der Waals surface area contributed by atoms with E-state index in [2.05, 4.69) is 20.1 Å². The summed E-state index contributed by atoms with van der Waals surface area (Å²) in [7, 11) is 0. The normalized spacial score (nSPS) is 16.8. The molecule has 0 radical (unpaired) electrons. The first-order valence-electron chi connectivity index (χ1n) is 4.62. The lowest BCUT2D eigenvalue weighted by molar-refractivity contribution is -0.485. The molecule has 0 fully saturated rings. The van der Waals surface area contributed by atoms with Crippen LogP contribution in [0, 0.1) is 10.1 Å². The summed E-state index contributed by atoms with van der Waals surface area (Å²) in [5.74, 6) is 0.0740. The van der Waals surface area contributed by atoms with Crippen LogP contribution < -0.4 is 0 Å². The minimum Gasteiger partial charge on any atom is -0.326 e. The standard InChI is InChI=1S/C8H7ClN6O2/c9-7-11-3-6(4-12-7)5-14-2-1-10-8(14)13-15(16)17/h1,3-4H,2,5H2. The van der Waals surface area contributed by atoms with Gasteiger partial charge in [-0.25, -0.2) is 25.1 Å². The molecule has 1 aromatic heterocycles. The molecule has 2 heterocycles. The topological polar surface area (TPSA) is 96.9 Å². The Hall–Kier alpha value is -2.09. The maximum atomic E-state index is 10.3. The van der Waals surface area contributed by atoms with Gasteiger partial charge in [0.25, 0.3) is 5.96 Å². The number of guanidine groups is 1. The van der Waals surface area contributed by atoms with E-state index < -0.39 is 5.03 Å². The highest BCUT2D eigenvalue weighted by atomic mass is 35.5. The molecule has 1 aromatic rings. The molecule has 9 heteroatoms. The molecule has 0 unspecified atom stereocenters. The van der Waals surface area contributed by atoms with Gasteiger partial charge in [-0.1, -0.05) is 0 Å². The van der Waals surface area contributed by atoms with E-state index in [1.807, 2.05) is 0 Å². The van der Waals surface area contributed by atoms with Crippen molar-refractivity contribution in [2.24, 2.45) is 10.1 Å². The van der Waals surface area contributed by atoms with Gasteiger partial charge in [0.1, 0.15) is 5.10 Å². The van der Waals surface area contributed by atoms with Crippen molar-refractivity contribution in [3.05, 3.63) is 33.4 Å². The van der Waals surface area contributed by atoms with Crippen LogP contribution in [0.15, 0.2) is 22.5 Å². The Morgan fingerprint density at radius 2 is 2.24 bits per heavy atom. The number of aromatic nitrogens is 2. The highest BCUT2D eigenvalue weighted by Crippen LogP contribution is 2.08. The van der Waals surface area contributed by atoms with Crippen LogP contribution in [0.1, 0.15) is 5.56 Å². The molecule has 0 bridgehead atoms. The molecule has 0 saturated heterocycles. The molecule has 0 spiro atoms. The summed E-state index contributed by atoms with van der Waals surface area (Å²) in [6.45, 7) is 0.860. The summed E-state index contributed by atoms with van der Waals surface area (Å²) in [5.41, 5.74) is 0.774. The second-order valence-corrected chi connectivity index (χ2v) is 3.53. The van der Waals surface area contributed by atoms with Gasteiger partial charge < -0.3 is 4.90 Å². The van der Waals surface area contributed by atoms with Crippen molar-refractivity contribution in [2.75, 3.05) is 6.54 Å². The number of nitro groups is 1. The van der Waals surface area contributed by atoms with Gasteiger partial charge in [0, 0.05) is 30.7 Å². The molecule has 0 aromatic carbocycles. The summed E-state index contributed by atoms with van der Waals surface area (Å²) in [6, 6.07) is 0. The lowest BCUT2D eigenvalue weighted by atomic mass is 10.3. The van der Waals surface area contributed by atoms with Gasteiger partial charge in [-0.05, 0) is 11.6 Å². The first-order chi connectivity index (χ1) is 8.15. The fraction of sp³-hybridized carbons (Fsp3) is 0.250. The lowest BCUT2D eigenvalue weighted by Gasteiger charge is -2.14. The molecule has 1 aliphatic rings. The molecule has 8 nitrogen and oxygen atoms in total. The van der Waals surface area contributed by atoms with Crippen molar-refractivity contribution in [3.63, 3.8) is 0 Å². The molecular formula is C8H7ClN6O2. The molecule has 0 aliphatic carbocycles. The highest BCUT2D eigenvalue weighted by molar-refractivity contribution is 6.28. The third kappa shape index (κ3) is 2.94. The Morgan fingerprint density at radius 3 is 2.88 bits per heavy atom. The van der Waals surface area contributed by atoms with Crippen LogP contribution in [0.5, 0.6) is 0 Å². The van der Waals surface area contributed by atoms with Crippen LogP contribution in [-0.2, 0) is 6.54 Å². The number of aliphatic imine (C=N–C) groups is 1. The maximum Gasteiger partial charge on any atom is 0.297 e. The van der Waals surface area contributed by atoms with Gasteiger partial charge >= 0.3 is 0 Å². The van der Waals surface area contributed by atoms with Crippen LogP contribution in [0.3, 0.4) is 0 Å². The number of hydrogen-bond donors (Lipinski definition) is 0. The van der Waals surface area contributed by atoms with E-state index in [4.69, 9.17) is 11.6 Å². The first-order valence-corrected chi connectivity index (χ1v) is 5.00. The number of hydrogen-bond acceptors (Lipinski definition) is 4. The predicted octanol–water partition coefficient (Wildman–Crippen LogP) is 0.564. The fourth-order valence-corrected chi connectivity index (χ4v) is 1.42. The molecular weight excluding hydrogens is 248 g/mol. The smallest absolute Gasteiger partial charge is 0.297 e. The second kappa shape index (κ2) is 4.83. The Kier molecular flexibility index (Phi) is 3.24. The van der Waals surface area contributed by atoms with E-state index in [0.717, 1.165) is 5.56 Å². The van der Waals surface area contributed by atoms with Gasteiger partial charge in [-0.15, -0.1) is 0 Å². The Labute approximate surface area is 101 Å². The van der Waals surface area contributed by atoms with Crippen molar-refractivity contribution in [2.45, 2.75) is 6.54 Å². The van der Waals surface area contributed by atoms with E-state index in [0.29, 0.717) is 13.1 Å². The van der Waals surface area contributed by atoms with Crippen LogP contribution in [-0.4, -0.2) is 38.6 Å². The third-order valence-corrected chi connectivity index (χ3v) is 2.21. The van der Waals surface area contributed by atoms with Crippen LogP contribution >= 0.6 is 11.6 Å². The number of nitrogens with zero attached hydrogens (tertiary/aromatic N) is 6. The molecule has 17 heavy (non-hydrogen) atoms. The summed E-state index contributed by atoms with van der Waals surface area (Å²) in [6.07, 6.45) is 4.66. The minimum absolute atomic E-state index is 0.0740. The Balaban J connectivity index is 2.09. The summed E-state index contributed by atoms with van der Waals surface area (Å²) >= 11 is 5.55. The number of halogens is 1. The van der Waals surface area contributed by atoms with Gasteiger partial charge in [0.15, 0.2) is 5.03 Å². The van der Waals surface area contributed by atoms with Crippen molar-refractivity contribution in [1.82, 2.24) is 14.9 Å². The van der Waals surface area contributed by atoms with Crippen molar-refractivity contribution in [1.29, 1.82) is 0 Å².